The number of hydrogen-bond donors (Lipinski definition) is 2. The van der Waals surface area contributed by atoms with Crippen molar-refractivity contribution in [2.24, 2.45) is 5.73 Å². The smallest absolute Gasteiger partial charge is 0.410 e. The molecular weight excluding hydrogens is 222 g/mol. The summed E-state index contributed by atoms with van der Waals surface area (Å²) in [5.74, 6) is -0.398. The molecule has 1 aliphatic rings. The molecule has 1 rings (SSSR count). The van der Waals surface area contributed by atoms with Crippen molar-refractivity contribution in [1.29, 1.82) is 0 Å². The van der Waals surface area contributed by atoms with Gasteiger partial charge in [-0.3, -0.25) is 4.79 Å². The Morgan fingerprint density at radius 3 is 2.94 bits per heavy atom. The van der Waals surface area contributed by atoms with E-state index in [-0.39, 0.29) is 18.6 Å². The SMILES string of the molecule is CCCCOC(=O)N1CCNCC1CC(N)=O. The summed E-state index contributed by atoms with van der Waals surface area (Å²) in [6, 6.07) is -0.185. The van der Waals surface area contributed by atoms with E-state index < -0.39 is 5.91 Å². The van der Waals surface area contributed by atoms with Crippen LogP contribution in [-0.2, 0) is 9.53 Å². The lowest BCUT2D eigenvalue weighted by atomic mass is 10.1. The molecule has 0 saturated carbocycles. The van der Waals surface area contributed by atoms with E-state index in [1.54, 1.807) is 4.90 Å². The highest BCUT2D eigenvalue weighted by Gasteiger charge is 2.28. The minimum absolute atomic E-state index is 0.176. The third kappa shape index (κ3) is 4.60. The molecule has 17 heavy (non-hydrogen) atoms. The molecule has 0 bridgehead atoms. The number of unbranched alkanes of at least 4 members (excludes halogenated alkanes) is 1. The van der Waals surface area contributed by atoms with Gasteiger partial charge in [0.15, 0.2) is 0 Å². The second kappa shape index (κ2) is 7.11. The maximum absolute atomic E-state index is 11.8. The summed E-state index contributed by atoms with van der Waals surface area (Å²) in [5.41, 5.74) is 5.16. The first-order chi connectivity index (χ1) is 8.15. The van der Waals surface area contributed by atoms with Gasteiger partial charge in [-0.05, 0) is 6.42 Å². The minimum atomic E-state index is -0.398. The van der Waals surface area contributed by atoms with Crippen LogP contribution in [-0.4, -0.2) is 49.2 Å². The van der Waals surface area contributed by atoms with Crippen LogP contribution in [0.2, 0.25) is 0 Å². The highest BCUT2D eigenvalue weighted by atomic mass is 16.6. The number of carbonyl (C=O) groups excluding carboxylic acids is 2. The van der Waals surface area contributed by atoms with Gasteiger partial charge in [-0.25, -0.2) is 4.79 Å². The van der Waals surface area contributed by atoms with E-state index in [0.717, 1.165) is 19.4 Å². The molecule has 0 aromatic rings. The first-order valence-corrected chi connectivity index (χ1v) is 6.07. The maximum atomic E-state index is 11.8. The third-order valence-corrected chi connectivity index (χ3v) is 2.74. The first-order valence-electron chi connectivity index (χ1n) is 6.07. The van der Waals surface area contributed by atoms with Crippen molar-refractivity contribution in [3.05, 3.63) is 0 Å². The number of piperazine rings is 1. The molecule has 1 saturated heterocycles. The van der Waals surface area contributed by atoms with E-state index in [1.807, 2.05) is 6.92 Å². The van der Waals surface area contributed by atoms with Crippen LogP contribution in [0.1, 0.15) is 26.2 Å². The molecule has 1 atom stereocenters. The number of ether oxygens (including phenoxy) is 1. The Morgan fingerprint density at radius 2 is 2.29 bits per heavy atom. The molecule has 0 aromatic carbocycles. The third-order valence-electron chi connectivity index (χ3n) is 2.74. The van der Waals surface area contributed by atoms with Gasteiger partial charge >= 0.3 is 6.09 Å². The lowest BCUT2D eigenvalue weighted by molar-refractivity contribution is -0.119. The predicted octanol–water partition coefficient (Wildman–Crippen LogP) is 0.0723. The number of primary amides is 1. The number of nitrogens with one attached hydrogen (secondary N) is 1. The summed E-state index contributed by atoms with van der Waals surface area (Å²) in [6.45, 7) is 4.34. The lowest BCUT2D eigenvalue weighted by Crippen LogP contribution is -2.54. The Morgan fingerprint density at radius 1 is 1.53 bits per heavy atom. The van der Waals surface area contributed by atoms with Crippen LogP contribution in [0.15, 0.2) is 0 Å². The van der Waals surface area contributed by atoms with E-state index in [4.69, 9.17) is 10.5 Å². The van der Waals surface area contributed by atoms with Crippen molar-refractivity contribution < 1.29 is 14.3 Å². The van der Waals surface area contributed by atoms with E-state index in [0.29, 0.717) is 19.7 Å². The Balaban J connectivity index is 2.45. The van der Waals surface area contributed by atoms with Gasteiger partial charge in [-0.15, -0.1) is 0 Å². The van der Waals surface area contributed by atoms with E-state index in [9.17, 15) is 9.59 Å². The molecule has 0 radical (unpaired) electrons. The zero-order chi connectivity index (χ0) is 12.7. The number of hydrogen-bond acceptors (Lipinski definition) is 4. The van der Waals surface area contributed by atoms with Crippen molar-refractivity contribution in [2.75, 3.05) is 26.2 Å². The van der Waals surface area contributed by atoms with Crippen LogP contribution in [0.5, 0.6) is 0 Å². The second-order valence-corrected chi connectivity index (χ2v) is 4.19. The highest BCUT2D eigenvalue weighted by molar-refractivity contribution is 5.76. The topological polar surface area (TPSA) is 84.7 Å². The average Bonchev–Trinajstić information content (AvgIpc) is 2.29. The molecule has 1 heterocycles. The number of amides is 2. The molecule has 2 amide bonds. The van der Waals surface area contributed by atoms with Gasteiger partial charge in [0.05, 0.1) is 12.6 Å². The molecule has 6 heteroatoms. The molecule has 1 aliphatic heterocycles. The van der Waals surface area contributed by atoms with Crippen molar-refractivity contribution >= 4 is 12.0 Å². The minimum Gasteiger partial charge on any atom is -0.449 e. The van der Waals surface area contributed by atoms with Crippen molar-refractivity contribution in [2.45, 2.75) is 32.2 Å². The van der Waals surface area contributed by atoms with Gasteiger partial charge in [-0.2, -0.15) is 0 Å². The fraction of sp³-hybridized carbons (Fsp3) is 0.818. The zero-order valence-electron chi connectivity index (χ0n) is 10.3. The predicted molar refractivity (Wildman–Crippen MR) is 63.4 cm³/mol. The molecule has 6 nitrogen and oxygen atoms in total. The standard InChI is InChI=1S/C11H21N3O3/c1-2-3-6-17-11(16)14-5-4-13-8-9(14)7-10(12)15/h9,13H,2-8H2,1H3,(H2,12,15). The molecular formula is C11H21N3O3. The van der Waals surface area contributed by atoms with Gasteiger partial charge in [0.2, 0.25) is 5.91 Å². The maximum Gasteiger partial charge on any atom is 0.410 e. The Labute approximate surface area is 101 Å². The molecule has 0 aromatic heterocycles. The molecule has 1 fully saturated rings. The van der Waals surface area contributed by atoms with Crippen LogP contribution in [0.4, 0.5) is 4.79 Å². The van der Waals surface area contributed by atoms with Crippen LogP contribution in [0.25, 0.3) is 0 Å². The van der Waals surface area contributed by atoms with Gasteiger partial charge in [0.25, 0.3) is 0 Å². The summed E-state index contributed by atoms with van der Waals surface area (Å²) < 4.78 is 5.14. The number of nitrogens with two attached hydrogens (primary N) is 1. The molecule has 3 N–H and O–H groups in total. The monoisotopic (exact) mass is 243 g/mol. The number of rotatable bonds is 5. The summed E-state index contributed by atoms with van der Waals surface area (Å²) in [6.07, 6.45) is 1.68. The summed E-state index contributed by atoms with van der Waals surface area (Å²) in [7, 11) is 0. The molecule has 0 spiro atoms. The van der Waals surface area contributed by atoms with Gasteiger partial charge in [0.1, 0.15) is 0 Å². The van der Waals surface area contributed by atoms with E-state index >= 15 is 0 Å². The van der Waals surface area contributed by atoms with Crippen molar-refractivity contribution in [1.82, 2.24) is 10.2 Å². The quantitative estimate of drug-likeness (QED) is 0.669. The molecule has 0 aliphatic carbocycles. The lowest BCUT2D eigenvalue weighted by Gasteiger charge is -2.34. The number of carbonyl (C=O) groups is 2. The number of nitrogens with zero attached hydrogens (tertiary/aromatic N) is 1. The summed E-state index contributed by atoms with van der Waals surface area (Å²) in [5, 5.41) is 3.14. The van der Waals surface area contributed by atoms with Crippen LogP contribution >= 0.6 is 0 Å². The molecule has 1 unspecified atom stereocenters. The molecule has 98 valence electrons. The normalized spacial score (nSPS) is 20.1. The fourth-order valence-corrected chi connectivity index (χ4v) is 1.80. The van der Waals surface area contributed by atoms with E-state index in [1.165, 1.54) is 0 Å². The van der Waals surface area contributed by atoms with Gasteiger partial charge in [-0.1, -0.05) is 13.3 Å². The van der Waals surface area contributed by atoms with E-state index in [2.05, 4.69) is 5.32 Å². The van der Waals surface area contributed by atoms with Gasteiger partial charge in [0, 0.05) is 26.1 Å². The zero-order valence-corrected chi connectivity index (χ0v) is 10.3. The summed E-state index contributed by atoms with van der Waals surface area (Å²) in [4.78, 5) is 24.3. The Hall–Kier alpha value is -1.30. The average molecular weight is 243 g/mol. The fourth-order valence-electron chi connectivity index (χ4n) is 1.80. The van der Waals surface area contributed by atoms with Crippen LogP contribution in [0, 0.1) is 0 Å². The Kier molecular flexibility index (Phi) is 5.76. The van der Waals surface area contributed by atoms with Crippen LogP contribution in [0.3, 0.4) is 0 Å². The van der Waals surface area contributed by atoms with Crippen molar-refractivity contribution in [3.63, 3.8) is 0 Å². The highest BCUT2D eigenvalue weighted by Crippen LogP contribution is 2.09. The second-order valence-electron chi connectivity index (χ2n) is 4.19. The largest absolute Gasteiger partial charge is 0.449 e. The summed E-state index contributed by atoms with van der Waals surface area (Å²) >= 11 is 0. The Bertz CT molecular complexity index is 271. The van der Waals surface area contributed by atoms with Crippen LogP contribution < -0.4 is 11.1 Å². The van der Waals surface area contributed by atoms with Gasteiger partial charge < -0.3 is 20.7 Å². The first kappa shape index (κ1) is 13.8. The van der Waals surface area contributed by atoms with Crippen molar-refractivity contribution in [3.8, 4) is 0 Å².